The molecule has 1 aliphatic rings. The molecule has 0 saturated carbocycles. The van der Waals surface area contributed by atoms with Crippen molar-refractivity contribution in [3.63, 3.8) is 0 Å². The zero-order valence-corrected chi connectivity index (χ0v) is 12.0. The minimum absolute atomic E-state index is 0.382. The van der Waals surface area contributed by atoms with Crippen molar-refractivity contribution in [3.05, 3.63) is 36.3 Å². The molecule has 2 aromatic rings. The lowest BCUT2D eigenvalue weighted by molar-refractivity contribution is 0.130. The molecule has 0 radical (unpaired) electrons. The van der Waals surface area contributed by atoms with E-state index in [0.29, 0.717) is 6.04 Å². The molecule has 0 spiro atoms. The second-order valence-electron chi connectivity index (χ2n) is 5.50. The molecule has 3 heterocycles. The maximum Gasteiger partial charge on any atom is 0.150 e. The molecule has 20 heavy (non-hydrogen) atoms. The summed E-state index contributed by atoms with van der Waals surface area (Å²) in [7, 11) is 0. The van der Waals surface area contributed by atoms with Crippen molar-refractivity contribution in [1.82, 2.24) is 19.7 Å². The van der Waals surface area contributed by atoms with E-state index >= 15 is 0 Å². The van der Waals surface area contributed by atoms with Crippen LogP contribution < -0.4 is 0 Å². The van der Waals surface area contributed by atoms with Crippen molar-refractivity contribution in [2.24, 2.45) is 0 Å². The highest BCUT2D eigenvalue weighted by Gasteiger charge is 2.27. The van der Waals surface area contributed by atoms with Crippen LogP contribution in [0.5, 0.6) is 0 Å². The number of hydrogen-bond donors (Lipinski definition) is 0. The Morgan fingerprint density at radius 3 is 3.15 bits per heavy atom. The molecule has 0 N–H and O–H groups in total. The predicted octanol–water partition coefficient (Wildman–Crippen LogP) is 3.01. The van der Waals surface area contributed by atoms with Gasteiger partial charge in [0.15, 0.2) is 0 Å². The quantitative estimate of drug-likeness (QED) is 0.841. The highest BCUT2D eigenvalue weighted by molar-refractivity contribution is 5.07. The van der Waals surface area contributed by atoms with Crippen LogP contribution in [0.25, 0.3) is 0 Å². The molecule has 1 fully saturated rings. The molecule has 0 unspecified atom stereocenters. The highest BCUT2D eigenvalue weighted by Crippen LogP contribution is 2.31. The van der Waals surface area contributed by atoms with Crippen LogP contribution in [0.4, 0.5) is 0 Å². The molecule has 3 rings (SSSR count). The summed E-state index contributed by atoms with van der Waals surface area (Å²) >= 11 is 0. The average molecular weight is 274 g/mol. The number of rotatable bonds is 5. The van der Waals surface area contributed by atoms with E-state index < -0.39 is 0 Å². The molecule has 1 atom stereocenters. The summed E-state index contributed by atoms with van der Waals surface area (Å²) in [5.41, 5.74) is 1.23. The molecule has 0 bridgehead atoms. The maximum atomic E-state index is 5.18. The lowest BCUT2D eigenvalue weighted by Crippen LogP contribution is -2.34. The van der Waals surface area contributed by atoms with Crippen molar-refractivity contribution in [2.75, 3.05) is 6.54 Å². The van der Waals surface area contributed by atoms with Crippen molar-refractivity contribution in [1.29, 1.82) is 0 Å². The SMILES string of the molecule is CCCn1cnnc1[C@@H]1CCCCN1Cc1ccoc1. The van der Waals surface area contributed by atoms with Gasteiger partial charge in [0.1, 0.15) is 12.2 Å². The summed E-state index contributed by atoms with van der Waals surface area (Å²) < 4.78 is 7.39. The van der Waals surface area contributed by atoms with Gasteiger partial charge in [-0.1, -0.05) is 13.3 Å². The van der Waals surface area contributed by atoms with Crippen molar-refractivity contribution < 1.29 is 4.42 Å². The van der Waals surface area contributed by atoms with Gasteiger partial charge in [-0.3, -0.25) is 4.90 Å². The second-order valence-corrected chi connectivity index (χ2v) is 5.50. The molecule has 0 amide bonds. The summed E-state index contributed by atoms with van der Waals surface area (Å²) in [6.45, 7) is 5.24. The predicted molar refractivity (Wildman–Crippen MR) is 76.0 cm³/mol. The van der Waals surface area contributed by atoms with Gasteiger partial charge in [-0.15, -0.1) is 10.2 Å². The lowest BCUT2D eigenvalue weighted by atomic mass is 10.0. The first-order valence-corrected chi connectivity index (χ1v) is 7.51. The fraction of sp³-hybridized carbons (Fsp3) is 0.600. The first-order valence-electron chi connectivity index (χ1n) is 7.51. The molecular formula is C15H22N4O. The van der Waals surface area contributed by atoms with E-state index in [9.17, 15) is 0 Å². The van der Waals surface area contributed by atoms with Gasteiger partial charge in [0.05, 0.1) is 18.6 Å². The Morgan fingerprint density at radius 1 is 1.40 bits per heavy atom. The highest BCUT2D eigenvalue weighted by atomic mass is 16.3. The van der Waals surface area contributed by atoms with E-state index in [2.05, 4.69) is 26.6 Å². The first kappa shape index (κ1) is 13.4. The Bertz CT molecular complexity index is 520. The number of piperidine rings is 1. The molecular weight excluding hydrogens is 252 g/mol. The number of hydrogen-bond acceptors (Lipinski definition) is 4. The Kier molecular flexibility index (Phi) is 4.16. The summed E-state index contributed by atoms with van der Waals surface area (Å²) in [6.07, 6.45) is 10.3. The van der Waals surface area contributed by atoms with Crippen LogP contribution in [0.3, 0.4) is 0 Å². The van der Waals surface area contributed by atoms with Crippen LogP contribution in [0, 0.1) is 0 Å². The third-order valence-electron chi connectivity index (χ3n) is 3.99. The normalized spacial score (nSPS) is 20.4. The molecule has 1 saturated heterocycles. The molecule has 2 aromatic heterocycles. The summed E-state index contributed by atoms with van der Waals surface area (Å²) in [4.78, 5) is 2.50. The minimum Gasteiger partial charge on any atom is -0.472 e. The molecule has 0 aromatic carbocycles. The van der Waals surface area contributed by atoms with E-state index in [1.807, 2.05) is 18.7 Å². The van der Waals surface area contributed by atoms with E-state index in [4.69, 9.17) is 4.42 Å². The number of aromatic nitrogens is 3. The van der Waals surface area contributed by atoms with Gasteiger partial charge < -0.3 is 8.98 Å². The lowest BCUT2D eigenvalue weighted by Gasteiger charge is -2.34. The number of furan rings is 1. The number of nitrogens with zero attached hydrogens (tertiary/aromatic N) is 4. The molecule has 1 aliphatic heterocycles. The molecule has 5 nitrogen and oxygen atoms in total. The average Bonchev–Trinajstić information content (AvgIpc) is 3.12. The Morgan fingerprint density at radius 2 is 2.35 bits per heavy atom. The topological polar surface area (TPSA) is 47.1 Å². The van der Waals surface area contributed by atoms with Crippen molar-refractivity contribution in [3.8, 4) is 0 Å². The zero-order chi connectivity index (χ0) is 13.8. The van der Waals surface area contributed by atoms with Gasteiger partial charge >= 0.3 is 0 Å². The fourth-order valence-corrected chi connectivity index (χ4v) is 3.02. The van der Waals surface area contributed by atoms with Gasteiger partial charge in [0, 0.05) is 18.7 Å². The Hall–Kier alpha value is -1.62. The van der Waals surface area contributed by atoms with Crippen molar-refractivity contribution in [2.45, 2.75) is 51.7 Å². The van der Waals surface area contributed by atoms with Crippen LogP contribution in [-0.2, 0) is 13.1 Å². The van der Waals surface area contributed by atoms with Gasteiger partial charge in [0.2, 0.25) is 0 Å². The van der Waals surface area contributed by atoms with Gasteiger partial charge in [-0.05, 0) is 31.9 Å². The van der Waals surface area contributed by atoms with E-state index in [1.165, 1.54) is 24.8 Å². The third kappa shape index (κ3) is 2.77. The smallest absolute Gasteiger partial charge is 0.150 e. The van der Waals surface area contributed by atoms with Crippen LogP contribution in [0.15, 0.2) is 29.3 Å². The number of likely N-dealkylation sites (tertiary alicyclic amines) is 1. The monoisotopic (exact) mass is 274 g/mol. The largest absolute Gasteiger partial charge is 0.472 e. The Labute approximate surface area is 119 Å². The number of aryl methyl sites for hydroxylation is 1. The molecule has 0 aliphatic carbocycles. The van der Waals surface area contributed by atoms with Gasteiger partial charge in [-0.2, -0.15) is 0 Å². The van der Waals surface area contributed by atoms with Crippen LogP contribution >= 0.6 is 0 Å². The zero-order valence-electron chi connectivity index (χ0n) is 12.0. The second kappa shape index (κ2) is 6.22. The summed E-state index contributed by atoms with van der Waals surface area (Å²) in [5, 5.41) is 8.50. The third-order valence-corrected chi connectivity index (χ3v) is 3.99. The molecule has 5 heteroatoms. The molecule has 108 valence electrons. The fourth-order valence-electron chi connectivity index (χ4n) is 3.02. The van der Waals surface area contributed by atoms with E-state index in [1.54, 1.807) is 6.26 Å². The first-order chi connectivity index (χ1) is 9.88. The van der Waals surface area contributed by atoms with E-state index in [0.717, 1.165) is 31.9 Å². The standard InChI is InChI=1S/C15H22N4O/c1-2-7-19-12-16-17-15(19)14-5-3-4-8-18(14)10-13-6-9-20-11-13/h6,9,11-12,14H,2-5,7-8,10H2,1H3/t14-/m0/s1. The van der Waals surface area contributed by atoms with Gasteiger partial charge in [-0.25, -0.2) is 0 Å². The van der Waals surface area contributed by atoms with Crippen LogP contribution in [0.2, 0.25) is 0 Å². The van der Waals surface area contributed by atoms with Crippen LogP contribution in [0.1, 0.15) is 50.0 Å². The van der Waals surface area contributed by atoms with Crippen molar-refractivity contribution >= 4 is 0 Å². The minimum atomic E-state index is 0.382. The van der Waals surface area contributed by atoms with E-state index in [-0.39, 0.29) is 0 Å². The summed E-state index contributed by atoms with van der Waals surface area (Å²) in [5.74, 6) is 1.12. The summed E-state index contributed by atoms with van der Waals surface area (Å²) in [6, 6.07) is 2.43. The maximum absolute atomic E-state index is 5.18. The Balaban J connectivity index is 1.79. The van der Waals surface area contributed by atoms with Gasteiger partial charge in [0.25, 0.3) is 0 Å². The van der Waals surface area contributed by atoms with Crippen LogP contribution in [-0.4, -0.2) is 26.2 Å².